The number of aliphatic hydroxyl groups excluding tert-OH is 2. The molecule has 3 amide bonds. The molecule has 0 saturated carbocycles. The summed E-state index contributed by atoms with van der Waals surface area (Å²) in [5.74, 6) is -5.42. The number of hydrogen-bond acceptors (Lipinski definition) is 8. The smallest absolute Gasteiger partial charge is 0.325 e. The van der Waals surface area contributed by atoms with Gasteiger partial charge in [-0.15, -0.1) is 0 Å². The first-order valence-electron chi connectivity index (χ1n) is 8.30. The topological polar surface area (TPSA) is 228 Å². The minimum Gasteiger partial charge on any atom is -0.481 e. The molecule has 0 aliphatic heterocycles. The van der Waals surface area contributed by atoms with Crippen molar-refractivity contribution in [3.63, 3.8) is 0 Å². The average molecular weight is 406 g/mol. The Morgan fingerprint density at radius 3 is 1.93 bits per heavy atom. The fraction of sp³-hybridized carbons (Fsp3) is 0.667. The van der Waals surface area contributed by atoms with Crippen LogP contribution in [0.4, 0.5) is 0 Å². The van der Waals surface area contributed by atoms with Crippen LogP contribution in [0, 0.1) is 0 Å². The molecule has 13 nitrogen and oxygen atoms in total. The van der Waals surface area contributed by atoms with E-state index in [2.05, 4.69) is 16.0 Å². The lowest BCUT2D eigenvalue weighted by Crippen LogP contribution is -2.60. The Morgan fingerprint density at radius 2 is 1.50 bits per heavy atom. The Bertz CT molecular complexity index is 596. The minimum atomic E-state index is -1.55. The van der Waals surface area contributed by atoms with Gasteiger partial charge < -0.3 is 42.1 Å². The fourth-order valence-electron chi connectivity index (χ4n) is 1.91. The van der Waals surface area contributed by atoms with E-state index in [0.717, 1.165) is 0 Å². The molecule has 0 saturated heterocycles. The molecular weight excluding hydrogens is 380 g/mol. The number of carbonyl (C=O) groups excluding carboxylic acids is 3. The highest BCUT2D eigenvalue weighted by atomic mass is 16.4. The molecule has 0 aromatic rings. The summed E-state index contributed by atoms with van der Waals surface area (Å²) in [5.41, 5.74) is 5.52. The highest BCUT2D eigenvalue weighted by Crippen LogP contribution is 2.00. The molecule has 160 valence electrons. The molecule has 0 aromatic carbocycles. The Kier molecular flexibility index (Phi) is 10.7. The maximum atomic E-state index is 12.3. The van der Waals surface area contributed by atoms with Gasteiger partial charge in [0.1, 0.15) is 18.1 Å². The number of nitrogens with two attached hydrogens (primary N) is 1. The van der Waals surface area contributed by atoms with Gasteiger partial charge in [0.15, 0.2) is 0 Å². The van der Waals surface area contributed by atoms with Crippen molar-refractivity contribution in [3.8, 4) is 0 Å². The van der Waals surface area contributed by atoms with Crippen LogP contribution in [-0.2, 0) is 24.0 Å². The van der Waals surface area contributed by atoms with Crippen molar-refractivity contribution < 1.29 is 44.4 Å². The molecule has 0 spiro atoms. The van der Waals surface area contributed by atoms with Crippen LogP contribution in [0.25, 0.3) is 0 Å². The number of rotatable bonds is 12. The quantitative estimate of drug-likeness (QED) is 0.157. The average Bonchev–Trinajstić information content (AvgIpc) is 2.60. The van der Waals surface area contributed by atoms with E-state index in [-0.39, 0.29) is 12.8 Å². The van der Waals surface area contributed by atoms with Gasteiger partial charge in [-0.1, -0.05) is 0 Å². The summed E-state index contributed by atoms with van der Waals surface area (Å²) in [7, 11) is 0. The van der Waals surface area contributed by atoms with Gasteiger partial charge in [0.2, 0.25) is 17.7 Å². The van der Waals surface area contributed by atoms with Crippen LogP contribution in [0.3, 0.4) is 0 Å². The van der Waals surface area contributed by atoms with Crippen molar-refractivity contribution >= 4 is 29.7 Å². The second-order valence-corrected chi connectivity index (χ2v) is 6.08. The summed E-state index contributed by atoms with van der Waals surface area (Å²) < 4.78 is 0. The van der Waals surface area contributed by atoms with E-state index in [1.54, 1.807) is 0 Å². The molecule has 9 N–H and O–H groups in total. The van der Waals surface area contributed by atoms with Crippen LogP contribution in [0.5, 0.6) is 0 Å². The molecule has 0 aliphatic carbocycles. The zero-order valence-electron chi connectivity index (χ0n) is 15.4. The van der Waals surface area contributed by atoms with Crippen LogP contribution in [-0.4, -0.2) is 87.0 Å². The third-order valence-electron chi connectivity index (χ3n) is 3.61. The Morgan fingerprint density at radius 1 is 0.929 bits per heavy atom. The Labute approximate surface area is 160 Å². The van der Waals surface area contributed by atoms with Gasteiger partial charge in [0.05, 0.1) is 18.8 Å². The number of amides is 3. The van der Waals surface area contributed by atoms with E-state index in [9.17, 15) is 34.2 Å². The zero-order chi connectivity index (χ0) is 22.0. The van der Waals surface area contributed by atoms with Crippen molar-refractivity contribution in [2.45, 2.75) is 57.0 Å². The zero-order valence-corrected chi connectivity index (χ0v) is 15.4. The Balaban J connectivity index is 4.99. The molecule has 5 unspecified atom stereocenters. The van der Waals surface area contributed by atoms with Gasteiger partial charge in [0.25, 0.3) is 0 Å². The molecule has 5 atom stereocenters. The van der Waals surface area contributed by atoms with E-state index >= 15 is 0 Å². The predicted octanol–water partition coefficient (Wildman–Crippen LogP) is -3.89. The first kappa shape index (κ1) is 25.2. The minimum absolute atomic E-state index is 0.204. The van der Waals surface area contributed by atoms with Gasteiger partial charge >= 0.3 is 11.9 Å². The summed E-state index contributed by atoms with van der Waals surface area (Å²) in [4.78, 5) is 57.4. The summed E-state index contributed by atoms with van der Waals surface area (Å²) in [6.07, 6.45) is -2.01. The lowest BCUT2D eigenvalue weighted by molar-refractivity contribution is -0.142. The largest absolute Gasteiger partial charge is 0.481 e. The lowest BCUT2D eigenvalue weighted by Gasteiger charge is -2.25. The number of carboxylic acid groups (broad SMARTS) is 2. The van der Waals surface area contributed by atoms with E-state index in [4.69, 9.17) is 15.9 Å². The summed E-state index contributed by atoms with van der Waals surface area (Å²) >= 11 is 0. The number of aliphatic hydroxyl groups is 2. The first-order chi connectivity index (χ1) is 12.9. The third kappa shape index (κ3) is 8.75. The van der Waals surface area contributed by atoms with Gasteiger partial charge in [-0.25, -0.2) is 0 Å². The number of aliphatic carboxylic acids is 2. The molecule has 0 heterocycles. The second-order valence-electron chi connectivity index (χ2n) is 6.08. The van der Waals surface area contributed by atoms with Crippen LogP contribution >= 0.6 is 0 Å². The van der Waals surface area contributed by atoms with Crippen LogP contribution in [0.1, 0.15) is 26.7 Å². The Hall–Kier alpha value is -2.77. The molecule has 13 heteroatoms. The normalized spacial score (nSPS) is 16.0. The number of nitrogens with one attached hydrogen (secondary N) is 3. The van der Waals surface area contributed by atoms with E-state index in [0.29, 0.717) is 0 Å². The van der Waals surface area contributed by atoms with Crippen LogP contribution < -0.4 is 21.7 Å². The molecule has 0 bridgehead atoms. The number of carbonyl (C=O) groups is 5. The highest BCUT2D eigenvalue weighted by molar-refractivity contribution is 5.94. The lowest BCUT2D eigenvalue weighted by atomic mass is 10.1. The van der Waals surface area contributed by atoms with E-state index in [1.807, 2.05) is 0 Å². The maximum Gasteiger partial charge on any atom is 0.325 e. The SMILES string of the molecule is CC(NC(=O)C(CO)NC(=O)C(NC(=O)C(N)CCC(=O)O)C(C)O)C(=O)O. The molecular formula is C15H26N4O9. The molecule has 0 aromatic heterocycles. The fourth-order valence-corrected chi connectivity index (χ4v) is 1.91. The molecule has 0 fully saturated rings. The van der Waals surface area contributed by atoms with Crippen molar-refractivity contribution in [3.05, 3.63) is 0 Å². The van der Waals surface area contributed by atoms with Crippen LogP contribution in [0.15, 0.2) is 0 Å². The van der Waals surface area contributed by atoms with Gasteiger partial charge in [-0.3, -0.25) is 24.0 Å². The van der Waals surface area contributed by atoms with Gasteiger partial charge in [-0.05, 0) is 20.3 Å². The standard InChI is InChI=1S/C15H26N4O9/c1-6(15(27)28)17-13(25)9(5-20)18-14(26)11(7(2)21)19-12(24)8(16)3-4-10(22)23/h6-9,11,20-21H,3-5,16H2,1-2H3,(H,17,25)(H,18,26)(H,19,24)(H,22,23)(H,27,28). The van der Waals surface area contributed by atoms with Crippen molar-refractivity contribution in [2.75, 3.05) is 6.61 Å². The van der Waals surface area contributed by atoms with E-state index in [1.165, 1.54) is 13.8 Å². The highest BCUT2D eigenvalue weighted by Gasteiger charge is 2.31. The van der Waals surface area contributed by atoms with Crippen molar-refractivity contribution in [2.24, 2.45) is 5.73 Å². The van der Waals surface area contributed by atoms with Gasteiger partial charge in [0, 0.05) is 6.42 Å². The summed E-state index contributed by atoms with van der Waals surface area (Å²) in [6, 6.07) is -5.62. The van der Waals surface area contributed by atoms with Crippen molar-refractivity contribution in [1.82, 2.24) is 16.0 Å². The maximum absolute atomic E-state index is 12.3. The molecule has 0 radical (unpaired) electrons. The number of hydrogen-bond donors (Lipinski definition) is 8. The summed E-state index contributed by atoms with van der Waals surface area (Å²) in [6.45, 7) is 1.48. The monoisotopic (exact) mass is 406 g/mol. The molecule has 0 aliphatic rings. The second kappa shape index (κ2) is 11.8. The molecule has 28 heavy (non-hydrogen) atoms. The van der Waals surface area contributed by atoms with Crippen molar-refractivity contribution in [1.29, 1.82) is 0 Å². The van der Waals surface area contributed by atoms with Crippen LogP contribution in [0.2, 0.25) is 0 Å². The molecule has 0 rings (SSSR count). The third-order valence-corrected chi connectivity index (χ3v) is 3.61. The first-order valence-corrected chi connectivity index (χ1v) is 8.30. The number of carboxylic acids is 2. The van der Waals surface area contributed by atoms with E-state index < -0.39 is 66.5 Å². The van der Waals surface area contributed by atoms with Gasteiger partial charge in [-0.2, -0.15) is 0 Å². The predicted molar refractivity (Wildman–Crippen MR) is 92.7 cm³/mol. The summed E-state index contributed by atoms with van der Waals surface area (Å²) in [5, 5.41) is 42.6.